The Kier molecular flexibility index (Phi) is 6.01. The molecule has 0 saturated carbocycles. The summed E-state index contributed by atoms with van der Waals surface area (Å²) in [4.78, 5) is 11.3. The molecule has 0 heterocycles. The zero-order chi connectivity index (χ0) is 11.9. The summed E-state index contributed by atoms with van der Waals surface area (Å²) >= 11 is 0. The molecule has 0 aliphatic heterocycles. The summed E-state index contributed by atoms with van der Waals surface area (Å²) < 4.78 is 10.2. The van der Waals surface area contributed by atoms with Crippen molar-refractivity contribution in [1.82, 2.24) is 5.32 Å². The van der Waals surface area contributed by atoms with Crippen molar-refractivity contribution in [1.29, 1.82) is 0 Å². The topological polar surface area (TPSA) is 47.6 Å². The van der Waals surface area contributed by atoms with Gasteiger partial charge < -0.3 is 14.8 Å². The van der Waals surface area contributed by atoms with Crippen LogP contribution in [-0.4, -0.2) is 30.9 Å². The molecular formula is C11H21NO3. The molecule has 0 aliphatic carbocycles. The summed E-state index contributed by atoms with van der Waals surface area (Å²) in [6, 6.07) is 0. The van der Waals surface area contributed by atoms with Gasteiger partial charge in [-0.05, 0) is 27.7 Å². The van der Waals surface area contributed by atoms with E-state index in [4.69, 9.17) is 9.47 Å². The van der Waals surface area contributed by atoms with E-state index in [1.165, 1.54) is 0 Å². The number of carbonyl (C=O) groups excluding carboxylic acids is 1. The number of hydrogen-bond donors (Lipinski definition) is 1. The minimum Gasteiger partial charge on any atom is -0.444 e. The van der Waals surface area contributed by atoms with Gasteiger partial charge in [-0.25, -0.2) is 4.79 Å². The normalized spacial score (nSPS) is 13.1. The zero-order valence-electron chi connectivity index (χ0n) is 10.0. The van der Waals surface area contributed by atoms with E-state index < -0.39 is 6.09 Å². The largest absolute Gasteiger partial charge is 0.444 e. The van der Waals surface area contributed by atoms with Gasteiger partial charge in [0, 0.05) is 5.54 Å². The molecule has 4 nitrogen and oxygen atoms in total. The molecule has 0 rings (SSSR count). The molecule has 0 unspecified atom stereocenters. The molecule has 0 fully saturated rings. The van der Waals surface area contributed by atoms with E-state index in [2.05, 4.69) is 11.9 Å². The van der Waals surface area contributed by atoms with Gasteiger partial charge in [-0.15, -0.1) is 6.58 Å². The third kappa shape index (κ3) is 9.28. The molecule has 0 saturated heterocycles. The van der Waals surface area contributed by atoms with Gasteiger partial charge in [-0.3, -0.25) is 0 Å². The highest BCUT2D eigenvalue weighted by atomic mass is 16.6. The van der Waals surface area contributed by atoms with Crippen molar-refractivity contribution in [2.24, 2.45) is 0 Å². The molecule has 0 radical (unpaired) electrons. The lowest BCUT2D eigenvalue weighted by molar-refractivity contribution is 0.0353. The van der Waals surface area contributed by atoms with Crippen molar-refractivity contribution < 1.29 is 14.3 Å². The van der Waals surface area contributed by atoms with Crippen molar-refractivity contribution >= 4 is 6.09 Å². The fourth-order valence-corrected chi connectivity index (χ4v) is 0.870. The number of rotatable bonds is 5. The highest BCUT2D eigenvalue weighted by molar-refractivity contribution is 5.68. The second-order valence-corrected chi connectivity index (χ2v) is 4.42. The van der Waals surface area contributed by atoms with Gasteiger partial charge in [0.2, 0.25) is 0 Å². The Morgan fingerprint density at radius 3 is 2.60 bits per heavy atom. The Morgan fingerprint density at radius 2 is 2.13 bits per heavy atom. The summed E-state index contributed by atoms with van der Waals surface area (Å²) in [5.41, 5.74) is -0.279. The van der Waals surface area contributed by atoms with E-state index in [0.717, 1.165) is 0 Å². The van der Waals surface area contributed by atoms with Crippen LogP contribution in [0.5, 0.6) is 0 Å². The highest BCUT2D eigenvalue weighted by Crippen LogP contribution is 2.01. The van der Waals surface area contributed by atoms with E-state index in [1.54, 1.807) is 13.0 Å². The van der Waals surface area contributed by atoms with Gasteiger partial charge in [0.15, 0.2) is 0 Å². The van der Waals surface area contributed by atoms with E-state index in [-0.39, 0.29) is 11.6 Å². The van der Waals surface area contributed by atoms with E-state index >= 15 is 0 Å². The molecular weight excluding hydrogens is 194 g/mol. The first-order valence-electron chi connectivity index (χ1n) is 5.02. The van der Waals surface area contributed by atoms with Crippen molar-refractivity contribution in [3.05, 3.63) is 12.7 Å². The number of hydrogen-bond acceptors (Lipinski definition) is 3. The number of alkyl carbamates (subject to hydrolysis) is 1. The number of amides is 1. The first kappa shape index (κ1) is 14.0. The maximum absolute atomic E-state index is 11.3. The summed E-state index contributed by atoms with van der Waals surface area (Å²) in [5.74, 6) is 0. The van der Waals surface area contributed by atoms with Crippen molar-refractivity contribution in [3.63, 3.8) is 0 Å². The standard InChI is InChI=1S/C11H21NO3/c1-6-7-14-8-9(2)15-10(13)12-11(3,4)5/h6,9H,1,7-8H2,2-5H3,(H,12,13)/t9-/m0/s1. The van der Waals surface area contributed by atoms with Crippen LogP contribution in [0.1, 0.15) is 27.7 Å². The van der Waals surface area contributed by atoms with Gasteiger partial charge in [-0.1, -0.05) is 6.08 Å². The monoisotopic (exact) mass is 215 g/mol. The second kappa shape index (κ2) is 6.45. The third-order valence-electron chi connectivity index (χ3n) is 1.37. The van der Waals surface area contributed by atoms with Gasteiger partial charge in [-0.2, -0.15) is 0 Å². The number of carbonyl (C=O) groups is 1. The second-order valence-electron chi connectivity index (χ2n) is 4.42. The van der Waals surface area contributed by atoms with Gasteiger partial charge in [0.25, 0.3) is 0 Å². The van der Waals surface area contributed by atoms with Crippen molar-refractivity contribution in [3.8, 4) is 0 Å². The third-order valence-corrected chi connectivity index (χ3v) is 1.37. The Hall–Kier alpha value is -1.03. The average molecular weight is 215 g/mol. The first-order valence-corrected chi connectivity index (χ1v) is 5.02. The van der Waals surface area contributed by atoms with Gasteiger partial charge >= 0.3 is 6.09 Å². The lowest BCUT2D eigenvalue weighted by atomic mass is 10.1. The van der Waals surface area contributed by atoms with Crippen LogP contribution in [0.15, 0.2) is 12.7 Å². The molecule has 88 valence electrons. The molecule has 0 spiro atoms. The fourth-order valence-electron chi connectivity index (χ4n) is 0.870. The van der Waals surface area contributed by atoms with Crippen LogP contribution < -0.4 is 5.32 Å². The molecule has 0 aromatic rings. The van der Waals surface area contributed by atoms with Crippen molar-refractivity contribution in [2.45, 2.75) is 39.3 Å². The summed E-state index contributed by atoms with van der Waals surface area (Å²) in [6.07, 6.45) is 0.978. The van der Waals surface area contributed by atoms with Gasteiger partial charge in [0.1, 0.15) is 6.10 Å². The van der Waals surface area contributed by atoms with Crippen LogP contribution in [0, 0.1) is 0 Å². The smallest absolute Gasteiger partial charge is 0.407 e. The quantitative estimate of drug-likeness (QED) is 0.564. The van der Waals surface area contributed by atoms with Crippen LogP contribution in [0.3, 0.4) is 0 Å². The van der Waals surface area contributed by atoms with Crippen LogP contribution in [0.25, 0.3) is 0 Å². The fraction of sp³-hybridized carbons (Fsp3) is 0.727. The summed E-state index contributed by atoms with van der Waals surface area (Å²) in [6.45, 7) is 11.8. The maximum Gasteiger partial charge on any atom is 0.407 e. The Bertz CT molecular complexity index is 208. The number of ether oxygens (including phenoxy) is 2. The summed E-state index contributed by atoms with van der Waals surface area (Å²) in [5, 5.41) is 2.70. The van der Waals surface area contributed by atoms with Crippen LogP contribution >= 0.6 is 0 Å². The lowest BCUT2D eigenvalue weighted by Crippen LogP contribution is -2.42. The maximum atomic E-state index is 11.3. The minimum absolute atomic E-state index is 0.257. The molecule has 0 aromatic heterocycles. The molecule has 1 atom stereocenters. The predicted molar refractivity (Wildman–Crippen MR) is 59.8 cm³/mol. The predicted octanol–water partition coefficient (Wildman–Crippen LogP) is 2.10. The Balaban J connectivity index is 3.71. The average Bonchev–Trinajstić information content (AvgIpc) is 2.00. The minimum atomic E-state index is -0.419. The van der Waals surface area contributed by atoms with Gasteiger partial charge in [0.05, 0.1) is 13.2 Å². The lowest BCUT2D eigenvalue weighted by Gasteiger charge is -2.22. The summed E-state index contributed by atoms with van der Waals surface area (Å²) in [7, 11) is 0. The molecule has 0 bridgehead atoms. The van der Waals surface area contributed by atoms with Crippen LogP contribution in [-0.2, 0) is 9.47 Å². The first-order chi connectivity index (χ1) is 6.85. The number of nitrogens with one attached hydrogen (secondary N) is 1. The van der Waals surface area contributed by atoms with E-state index in [9.17, 15) is 4.79 Å². The van der Waals surface area contributed by atoms with Crippen molar-refractivity contribution in [2.75, 3.05) is 13.2 Å². The molecule has 0 aliphatic rings. The molecule has 0 aromatic carbocycles. The van der Waals surface area contributed by atoms with Crippen LogP contribution in [0.4, 0.5) is 4.79 Å². The molecule has 1 N–H and O–H groups in total. The van der Waals surface area contributed by atoms with Crippen LogP contribution in [0.2, 0.25) is 0 Å². The van der Waals surface area contributed by atoms with E-state index in [0.29, 0.717) is 13.2 Å². The highest BCUT2D eigenvalue weighted by Gasteiger charge is 2.16. The van der Waals surface area contributed by atoms with E-state index in [1.807, 2.05) is 20.8 Å². The Labute approximate surface area is 91.6 Å². The molecule has 4 heteroatoms. The Morgan fingerprint density at radius 1 is 1.53 bits per heavy atom. The molecule has 15 heavy (non-hydrogen) atoms. The zero-order valence-corrected chi connectivity index (χ0v) is 10.0. The SMILES string of the molecule is C=CCOC[C@H](C)OC(=O)NC(C)(C)C. The molecule has 1 amide bonds.